The lowest BCUT2D eigenvalue weighted by Crippen LogP contribution is -2.23. The number of nitrogens with zero attached hydrogens (tertiary/aromatic N) is 3. The van der Waals surface area contributed by atoms with Crippen LogP contribution in [-0.4, -0.2) is 23.2 Å². The molecule has 1 aromatic heterocycles. The molecule has 3 aromatic rings. The summed E-state index contributed by atoms with van der Waals surface area (Å²) in [5.41, 5.74) is -0.0145. The van der Waals surface area contributed by atoms with Crippen LogP contribution in [0, 0.1) is 5.82 Å². The Bertz CT molecular complexity index is 1160. The Morgan fingerprint density at radius 2 is 1.86 bits per heavy atom. The highest BCUT2D eigenvalue weighted by Gasteiger charge is 2.21. The number of benzene rings is 2. The van der Waals surface area contributed by atoms with Crippen molar-refractivity contribution in [1.82, 2.24) is 19.5 Å². The van der Waals surface area contributed by atoms with Gasteiger partial charge in [0.15, 0.2) is 5.82 Å². The zero-order chi connectivity index (χ0) is 21.2. The largest absolute Gasteiger partial charge is 0.424 e. The molecule has 0 spiro atoms. The molecule has 1 heterocycles. The van der Waals surface area contributed by atoms with Crippen LogP contribution < -0.4 is 9.46 Å². The fourth-order valence-electron chi connectivity index (χ4n) is 2.39. The molecule has 29 heavy (non-hydrogen) atoms. The van der Waals surface area contributed by atoms with Crippen molar-refractivity contribution in [3.63, 3.8) is 0 Å². The van der Waals surface area contributed by atoms with Gasteiger partial charge in [-0.1, -0.05) is 34.9 Å². The van der Waals surface area contributed by atoms with E-state index in [1.165, 1.54) is 47.0 Å². The molecule has 0 saturated heterocycles. The maximum absolute atomic E-state index is 13.0. The van der Waals surface area contributed by atoms with Crippen molar-refractivity contribution in [3.05, 3.63) is 70.7 Å². The molecule has 0 radical (unpaired) electrons. The molecule has 0 aliphatic heterocycles. The number of hydrogen-bond acceptors (Lipinski definition) is 5. The van der Waals surface area contributed by atoms with Crippen molar-refractivity contribution < 1.29 is 17.5 Å². The third kappa shape index (κ3) is 4.69. The number of aromatic nitrogens is 3. The van der Waals surface area contributed by atoms with Gasteiger partial charge in [-0.05, 0) is 49.4 Å². The highest BCUT2D eigenvalue weighted by Crippen LogP contribution is 2.26. The van der Waals surface area contributed by atoms with Gasteiger partial charge >= 0.3 is 6.01 Å². The van der Waals surface area contributed by atoms with Gasteiger partial charge in [0, 0.05) is 6.54 Å². The number of halogens is 3. The van der Waals surface area contributed by atoms with Crippen LogP contribution in [-0.2, 0) is 16.6 Å². The Morgan fingerprint density at radius 3 is 2.48 bits per heavy atom. The van der Waals surface area contributed by atoms with Crippen molar-refractivity contribution in [1.29, 1.82) is 0 Å². The first kappa shape index (κ1) is 21.1. The molecule has 11 heteroatoms. The Kier molecular flexibility index (Phi) is 6.11. The second-order valence-corrected chi connectivity index (χ2v) is 8.26. The molecular formula is C18H15Cl2FN4O3S. The topological polar surface area (TPSA) is 86.1 Å². The lowest BCUT2D eigenvalue weighted by atomic mass is 10.3. The molecule has 0 aliphatic carbocycles. The maximum Gasteiger partial charge on any atom is 0.322 e. The molecule has 0 aliphatic rings. The summed E-state index contributed by atoms with van der Waals surface area (Å²) >= 11 is 11.7. The van der Waals surface area contributed by atoms with Gasteiger partial charge in [-0.3, -0.25) is 9.29 Å². The molecule has 0 atom stereocenters. The van der Waals surface area contributed by atoms with E-state index in [-0.39, 0.29) is 32.5 Å². The van der Waals surface area contributed by atoms with Gasteiger partial charge in [0.25, 0.3) is 10.0 Å². The van der Waals surface area contributed by atoms with Crippen molar-refractivity contribution in [3.8, 4) is 11.8 Å². The molecule has 2 aromatic carbocycles. The van der Waals surface area contributed by atoms with Crippen molar-refractivity contribution in [2.45, 2.75) is 18.4 Å². The van der Waals surface area contributed by atoms with Crippen LogP contribution in [0.5, 0.6) is 11.8 Å². The SMILES string of the molecule is C=C(NS(=O)(=O)c1ccc(Cl)c(Cl)c1)c1nnc(Oc2ccc(F)cc2)n1CC. The first-order valence-corrected chi connectivity index (χ1v) is 10.5. The van der Waals surface area contributed by atoms with E-state index in [1.807, 2.05) is 0 Å². The number of rotatable bonds is 7. The van der Waals surface area contributed by atoms with Crippen LogP contribution in [0.4, 0.5) is 4.39 Å². The summed E-state index contributed by atoms with van der Waals surface area (Å²) in [7, 11) is -3.98. The third-order valence-electron chi connectivity index (χ3n) is 3.78. The summed E-state index contributed by atoms with van der Waals surface area (Å²) in [6.45, 7) is 5.90. The molecule has 0 bridgehead atoms. The van der Waals surface area contributed by atoms with Gasteiger partial charge in [0.1, 0.15) is 11.6 Å². The van der Waals surface area contributed by atoms with Crippen LogP contribution in [0.15, 0.2) is 53.9 Å². The van der Waals surface area contributed by atoms with Crippen molar-refractivity contribution in [2.24, 2.45) is 0 Å². The predicted molar refractivity (Wildman–Crippen MR) is 108 cm³/mol. The number of hydrogen-bond donors (Lipinski definition) is 1. The second-order valence-electron chi connectivity index (χ2n) is 5.77. The smallest absolute Gasteiger partial charge is 0.322 e. The van der Waals surface area contributed by atoms with E-state index in [4.69, 9.17) is 27.9 Å². The third-order valence-corrected chi connectivity index (χ3v) is 5.91. The normalized spacial score (nSPS) is 11.3. The minimum Gasteiger partial charge on any atom is -0.424 e. The van der Waals surface area contributed by atoms with E-state index in [1.54, 1.807) is 6.92 Å². The lowest BCUT2D eigenvalue weighted by molar-refractivity contribution is 0.412. The van der Waals surface area contributed by atoms with E-state index in [9.17, 15) is 12.8 Å². The van der Waals surface area contributed by atoms with Gasteiger partial charge < -0.3 is 4.74 Å². The summed E-state index contributed by atoms with van der Waals surface area (Å²) < 4.78 is 47.7. The zero-order valence-corrected chi connectivity index (χ0v) is 17.4. The summed E-state index contributed by atoms with van der Waals surface area (Å²) in [4.78, 5) is -0.0848. The molecule has 7 nitrogen and oxygen atoms in total. The average Bonchev–Trinajstić information content (AvgIpc) is 3.08. The van der Waals surface area contributed by atoms with Gasteiger partial charge in [0.05, 0.1) is 20.6 Å². The van der Waals surface area contributed by atoms with Gasteiger partial charge in [-0.15, -0.1) is 5.10 Å². The van der Waals surface area contributed by atoms with Crippen LogP contribution in [0.1, 0.15) is 12.7 Å². The first-order chi connectivity index (χ1) is 13.7. The summed E-state index contributed by atoms with van der Waals surface area (Å²) in [5.74, 6) is 0.107. The van der Waals surface area contributed by atoms with E-state index < -0.39 is 15.8 Å². The average molecular weight is 457 g/mol. The van der Waals surface area contributed by atoms with Gasteiger partial charge in [-0.2, -0.15) is 0 Å². The summed E-state index contributed by atoms with van der Waals surface area (Å²) in [5, 5.41) is 8.20. The fraction of sp³-hybridized carbons (Fsp3) is 0.111. The molecule has 1 N–H and O–H groups in total. The zero-order valence-electron chi connectivity index (χ0n) is 15.1. The van der Waals surface area contributed by atoms with Crippen LogP contribution in [0.3, 0.4) is 0 Å². The number of sulfonamides is 1. The standard InChI is InChI=1S/C18H15Cl2FN4O3S/c1-3-25-17(22-23-18(25)28-13-6-4-12(21)5-7-13)11(2)24-29(26,27)14-8-9-15(19)16(20)10-14/h4-10,24H,2-3H2,1H3. The predicted octanol–water partition coefficient (Wildman–Crippen LogP) is 4.49. The van der Waals surface area contributed by atoms with E-state index in [2.05, 4.69) is 21.5 Å². The van der Waals surface area contributed by atoms with E-state index in [0.29, 0.717) is 12.3 Å². The Morgan fingerprint density at radius 1 is 1.17 bits per heavy atom. The van der Waals surface area contributed by atoms with Crippen LogP contribution in [0.2, 0.25) is 10.0 Å². The monoisotopic (exact) mass is 456 g/mol. The molecular weight excluding hydrogens is 442 g/mol. The van der Waals surface area contributed by atoms with E-state index in [0.717, 1.165) is 0 Å². The molecule has 0 saturated carbocycles. The molecule has 3 rings (SSSR count). The Hall–Kier alpha value is -2.62. The van der Waals surface area contributed by atoms with Crippen LogP contribution in [0.25, 0.3) is 5.70 Å². The number of nitrogens with one attached hydrogen (secondary N) is 1. The quantitative estimate of drug-likeness (QED) is 0.565. The van der Waals surface area contributed by atoms with Gasteiger partial charge in [-0.25, -0.2) is 12.8 Å². The summed E-state index contributed by atoms with van der Waals surface area (Å²) in [6, 6.07) is 9.39. The number of ether oxygens (including phenoxy) is 1. The minimum atomic E-state index is -3.98. The minimum absolute atomic E-state index is 0.0145. The first-order valence-electron chi connectivity index (χ1n) is 8.25. The van der Waals surface area contributed by atoms with Crippen molar-refractivity contribution in [2.75, 3.05) is 0 Å². The molecule has 0 unspecified atom stereocenters. The highest BCUT2D eigenvalue weighted by atomic mass is 35.5. The molecule has 0 fully saturated rings. The Balaban J connectivity index is 1.84. The molecule has 152 valence electrons. The van der Waals surface area contributed by atoms with Gasteiger partial charge in [0.2, 0.25) is 0 Å². The lowest BCUT2D eigenvalue weighted by Gasteiger charge is -2.12. The van der Waals surface area contributed by atoms with Crippen molar-refractivity contribution >= 4 is 38.9 Å². The maximum atomic E-state index is 13.0. The Labute approximate surface area is 176 Å². The second kappa shape index (κ2) is 8.40. The molecule has 0 amide bonds. The van der Waals surface area contributed by atoms with E-state index >= 15 is 0 Å². The highest BCUT2D eigenvalue weighted by molar-refractivity contribution is 7.89. The summed E-state index contributed by atoms with van der Waals surface area (Å²) in [6.07, 6.45) is 0. The fourth-order valence-corrected chi connectivity index (χ4v) is 3.81. The van der Waals surface area contributed by atoms with Crippen LogP contribution >= 0.6 is 23.2 Å².